The molecule has 0 aromatic heterocycles. The van der Waals surface area contributed by atoms with Gasteiger partial charge in [-0.1, -0.05) is 452 Å². The van der Waals surface area contributed by atoms with Crippen molar-refractivity contribution in [3.8, 4) is 0 Å². The monoisotopic (exact) mass is 2060 g/mol. The minimum atomic E-state index is -1.59. The summed E-state index contributed by atoms with van der Waals surface area (Å²) in [6, 6.07) is 60.7. The summed E-state index contributed by atoms with van der Waals surface area (Å²) in [5.74, 6) is 2.28. The summed E-state index contributed by atoms with van der Waals surface area (Å²) in [7, 11) is -4.28. The van der Waals surface area contributed by atoms with E-state index in [1.807, 2.05) is 48.5 Å². The number of benzene rings is 11. The van der Waals surface area contributed by atoms with Crippen LogP contribution in [0.3, 0.4) is 0 Å². The Morgan fingerprint density at radius 1 is 0.147 bits per heavy atom. The predicted octanol–water partition coefficient (Wildman–Crippen LogP) is 38.8. The first-order chi connectivity index (χ1) is 70.2. The Labute approximate surface area is 914 Å². The number of hydrogen-bond acceptors (Lipinski definition) is 4. The molecule has 0 radical (unpaired) electrons. The maximum absolute atomic E-state index is 17.4. The fourth-order valence-electron chi connectivity index (χ4n) is 23.7. The first-order valence-corrected chi connectivity index (χ1v) is 62.1. The number of carbonyl (C=O) groups excluding carboxylic acids is 4. The third-order valence-corrected chi connectivity index (χ3v) is 40.9. The van der Waals surface area contributed by atoms with E-state index >= 15 is 19.2 Å². The molecule has 7 heteroatoms. The smallest absolute Gasteiger partial charge is 0.195 e. The van der Waals surface area contributed by atoms with Gasteiger partial charge in [-0.3, -0.25) is 19.2 Å². The summed E-state index contributed by atoms with van der Waals surface area (Å²) in [5.41, 5.74) is 36.7. The van der Waals surface area contributed by atoms with Crippen molar-refractivity contribution in [2.24, 2.45) is 0 Å². The van der Waals surface area contributed by atoms with Gasteiger partial charge in [0.1, 0.15) is 0 Å². The Kier molecular flexibility index (Phi) is 37.2. The average molecular weight is 2060 g/mol. The lowest BCUT2D eigenvalue weighted by molar-refractivity contribution is 0.101. The molecule has 2 aliphatic carbocycles. The van der Waals surface area contributed by atoms with Gasteiger partial charge in [-0.25, -0.2) is 0 Å². The van der Waals surface area contributed by atoms with Gasteiger partial charge in [0.25, 0.3) is 0 Å². The Morgan fingerprint density at radius 3 is 0.420 bits per heavy atom. The van der Waals surface area contributed by atoms with Crippen LogP contribution in [-0.4, -0.2) is 23.1 Å². The molecule has 11 aromatic rings. The second kappa shape index (κ2) is 47.3. The van der Waals surface area contributed by atoms with E-state index < -0.39 is 23.8 Å². The largest absolute Gasteiger partial charge is 0.289 e. The molecular formula is C143H187O4P3. The Balaban J connectivity index is 1.18. The Bertz CT molecular complexity index is 6230. The van der Waals surface area contributed by atoms with Gasteiger partial charge in [0.15, 0.2) is 23.1 Å². The zero-order chi connectivity index (χ0) is 111. The molecule has 4 nitrogen and oxygen atoms in total. The molecule has 0 bridgehead atoms. The van der Waals surface area contributed by atoms with Crippen molar-refractivity contribution in [2.75, 3.05) is 0 Å². The second-order valence-corrected chi connectivity index (χ2v) is 57.9. The number of Topliss-reactive ketones (excluding diaryl/α,β-unsaturated/α-hetero) is 4. The Hall–Kier alpha value is -9.13. The lowest BCUT2D eigenvalue weighted by Gasteiger charge is -2.37. The van der Waals surface area contributed by atoms with Crippen LogP contribution in [0.2, 0.25) is 0 Å². The van der Waals surface area contributed by atoms with Crippen molar-refractivity contribution < 1.29 is 19.2 Å². The zero-order valence-corrected chi connectivity index (χ0v) is 104. The summed E-state index contributed by atoms with van der Waals surface area (Å²) >= 11 is 0. The molecule has 0 saturated heterocycles. The zero-order valence-electron chi connectivity index (χ0n) is 101. The topological polar surface area (TPSA) is 68.3 Å². The Morgan fingerprint density at radius 2 is 0.280 bits per heavy atom. The highest BCUT2D eigenvalue weighted by atomic mass is 31.1. The minimum Gasteiger partial charge on any atom is -0.289 e. The lowest BCUT2D eigenvalue weighted by atomic mass is 9.73. The molecule has 798 valence electrons. The molecule has 0 saturated carbocycles. The van der Waals surface area contributed by atoms with Crippen LogP contribution in [0.25, 0.3) is 22.3 Å². The van der Waals surface area contributed by atoms with Gasteiger partial charge >= 0.3 is 0 Å². The van der Waals surface area contributed by atoms with Crippen LogP contribution in [0.4, 0.5) is 0 Å². The van der Waals surface area contributed by atoms with Gasteiger partial charge < -0.3 is 0 Å². The number of ketones is 4. The molecule has 13 rings (SSSR count). The van der Waals surface area contributed by atoms with Crippen LogP contribution >= 0.6 is 23.8 Å². The maximum atomic E-state index is 17.4. The fourth-order valence-corrected chi connectivity index (χ4v) is 35.0. The lowest BCUT2D eigenvalue weighted by Crippen LogP contribution is -2.35. The normalized spacial score (nSPS) is 13.8. The van der Waals surface area contributed by atoms with E-state index in [9.17, 15) is 0 Å². The SMILES string of the molecule is CC(C)c1cc(C(C)C)c(P(c2cc(C(C)C)c(C3=C(c4cc(C(C)C)c(P(c5c(C(C)C)cc(C(C)C)cc5C(C)C)c5c(C(C)C)cc(C(C)C)cc5C(C)C)c(C(C)C)c4)C(=O)c4ccccc4C3=O)c(C(C)C)c2)c2cc(C(C)C)c(C3=C(c4cc(C(C)C)c(P(c5c(C(C)C)cc(C(C)C)cc5C(C)C)c5c(C(C)C)cc(C(C)C)cc5C(C)C)c(C(C)C)c4)C(=O)c4ccccc4C3=O)c(C(C)C)c2)c(C(C)C)c1. The highest BCUT2D eigenvalue weighted by Crippen LogP contribution is 2.57. The molecule has 0 fully saturated rings. The van der Waals surface area contributed by atoms with E-state index in [0.29, 0.717) is 68.2 Å². The summed E-state index contributed by atoms with van der Waals surface area (Å²) in [4.78, 5) is 69.3. The van der Waals surface area contributed by atoms with Crippen LogP contribution in [0.15, 0.2) is 158 Å². The van der Waals surface area contributed by atoms with Gasteiger partial charge in [-0.15, -0.1) is 0 Å². The minimum absolute atomic E-state index is 0.00731. The summed E-state index contributed by atoms with van der Waals surface area (Å²) < 4.78 is 0. The second-order valence-electron chi connectivity index (χ2n) is 51.7. The van der Waals surface area contributed by atoms with Gasteiger partial charge in [-0.2, -0.15) is 0 Å². The van der Waals surface area contributed by atoms with Crippen LogP contribution in [0.1, 0.15) is 646 Å². The summed E-state index contributed by atoms with van der Waals surface area (Å²) in [6.07, 6.45) is 0. The molecule has 0 heterocycles. The van der Waals surface area contributed by atoms with Crippen LogP contribution in [-0.2, 0) is 0 Å². The molecule has 11 aromatic carbocycles. The van der Waals surface area contributed by atoms with Crippen LogP contribution in [0, 0.1) is 0 Å². The van der Waals surface area contributed by atoms with E-state index in [-0.39, 0.29) is 136 Å². The maximum Gasteiger partial charge on any atom is 0.195 e. The van der Waals surface area contributed by atoms with E-state index in [2.05, 4.69) is 428 Å². The summed E-state index contributed by atoms with van der Waals surface area (Å²) in [6.45, 7) is 109. The molecule has 0 amide bonds. The molecule has 0 aliphatic heterocycles. The van der Waals surface area contributed by atoms with Crippen molar-refractivity contribution in [3.05, 3.63) is 330 Å². The number of carbonyl (C=O) groups is 4. The standard InChI is InChI=1S/C143H187O4P3/c1-73(2)96-55-113(82(19)20)137(114(56-96)83(21)22)148(103-69-109(78(11)12)129(110(70-103)79(13)14)131-127(133(144)105-51-47-49-53-107(105)135(131)146)101-65-123(92(39)40)142(124(66-101)93(41)42)149(138-115(84(23)24)57-97(74(3)4)58-116(138)85(25)26)139-117(86(27)28)59-98(75(5)6)60-118(139)87(29)30)104-71-111(80(15)16)130(112(72-104)81(17)18)132-128(134(145)106-52-48-50-54-108(106)136(132)147)102-67-125(94(43)44)143(126(68-102)95(45)46)150(140-119(88(31)32)61-99(76(7)8)62-120(140)89(33)34)141-121(90(35)36)63-100(77(9)10)64-122(141)91(37)38/h47-95H,1-46H3. The highest BCUT2D eigenvalue weighted by Gasteiger charge is 2.46. The molecule has 0 atom stereocenters. The predicted molar refractivity (Wildman–Crippen MR) is 663 cm³/mol. The van der Waals surface area contributed by atoms with E-state index in [0.717, 1.165) is 44.5 Å². The highest BCUT2D eigenvalue weighted by molar-refractivity contribution is 7.81. The number of rotatable bonds is 36. The summed E-state index contributed by atoms with van der Waals surface area (Å²) in [5, 5.41) is 12.3. The first-order valence-electron chi connectivity index (χ1n) is 58.1. The molecule has 0 unspecified atom stereocenters. The van der Waals surface area contributed by atoms with Crippen molar-refractivity contribution in [1.29, 1.82) is 0 Å². The van der Waals surface area contributed by atoms with Crippen LogP contribution < -0.4 is 47.7 Å². The van der Waals surface area contributed by atoms with Crippen molar-refractivity contribution in [1.82, 2.24) is 0 Å². The van der Waals surface area contributed by atoms with Gasteiger partial charge in [0, 0.05) is 44.5 Å². The van der Waals surface area contributed by atoms with Gasteiger partial charge in [-0.05, 0) is 382 Å². The van der Waals surface area contributed by atoms with Gasteiger partial charge in [0.2, 0.25) is 0 Å². The average Bonchev–Trinajstić information content (AvgIpc) is 0.722. The molecule has 150 heavy (non-hydrogen) atoms. The van der Waals surface area contributed by atoms with Crippen molar-refractivity contribution in [2.45, 2.75) is 455 Å². The molecule has 2 aliphatic rings. The van der Waals surface area contributed by atoms with E-state index in [1.165, 1.54) is 153 Å². The quantitative estimate of drug-likeness (QED) is 0.0367. The van der Waals surface area contributed by atoms with Crippen LogP contribution in [0.5, 0.6) is 0 Å². The molecule has 0 spiro atoms. The van der Waals surface area contributed by atoms with Crippen molar-refractivity contribution in [3.63, 3.8) is 0 Å². The number of allylic oxidation sites excluding steroid dienone is 4. The number of fused-ring (bicyclic) bond motifs is 2. The van der Waals surface area contributed by atoms with Crippen molar-refractivity contribution >= 4 is 117 Å². The van der Waals surface area contributed by atoms with Gasteiger partial charge in [0.05, 0.1) is 0 Å². The van der Waals surface area contributed by atoms with E-state index in [1.54, 1.807) is 0 Å². The molecular weight excluding hydrogens is 1870 g/mol. The first kappa shape index (κ1) is 118. The third kappa shape index (κ3) is 22.7. The number of hydrogen-bond donors (Lipinski definition) is 0. The fraction of sp³-hybridized carbons (Fsp3) is 0.483. The van der Waals surface area contributed by atoms with E-state index in [4.69, 9.17) is 0 Å². The third-order valence-electron chi connectivity index (χ3n) is 32.6. The molecule has 0 N–H and O–H groups in total.